The summed E-state index contributed by atoms with van der Waals surface area (Å²) in [6.07, 6.45) is 1.75. The zero-order chi connectivity index (χ0) is 21.0. The van der Waals surface area contributed by atoms with Crippen molar-refractivity contribution >= 4 is 9.84 Å². The van der Waals surface area contributed by atoms with E-state index >= 15 is 0 Å². The predicted molar refractivity (Wildman–Crippen MR) is 115 cm³/mol. The van der Waals surface area contributed by atoms with Crippen molar-refractivity contribution < 1.29 is 18.3 Å². The average Bonchev–Trinajstić information content (AvgIpc) is 3.04. The fourth-order valence-electron chi connectivity index (χ4n) is 3.33. The Labute approximate surface area is 172 Å². The summed E-state index contributed by atoms with van der Waals surface area (Å²) in [6, 6.07) is 19.2. The first kappa shape index (κ1) is 21.3. The van der Waals surface area contributed by atoms with E-state index in [2.05, 4.69) is 29.7 Å². The molecule has 0 spiro atoms. The molecule has 0 saturated carbocycles. The first-order valence-corrected chi connectivity index (χ1v) is 11.5. The molecule has 1 atom stereocenters. The molecule has 6 heteroatoms. The van der Waals surface area contributed by atoms with Crippen molar-refractivity contribution in [3.8, 4) is 16.9 Å². The standard InChI is InChI=1S/C23H27NO4S/c1-17(16-25)28-14-13-20-15-23(19-9-11-22(12-10-19)29(3,26)27)24(18(20)2)21-7-5-4-6-8-21/h4-12,15,17,25H,13-14,16H2,1-3H3. The minimum absolute atomic E-state index is 0.00193. The van der Waals surface area contributed by atoms with E-state index < -0.39 is 9.84 Å². The molecule has 0 aliphatic carbocycles. The zero-order valence-electron chi connectivity index (χ0n) is 17.0. The van der Waals surface area contributed by atoms with Crippen LogP contribution in [0.5, 0.6) is 0 Å². The second-order valence-electron chi connectivity index (χ2n) is 7.22. The molecule has 1 aromatic heterocycles. The quantitative estimate of drug-likeness (QED) is 0.610. The molecule has 2 aromatic carbocycles. The van der Waals surface area contributed by atoms with Crippen LogP contribution in [0.2, 0.25) is 0 Å². The van der Waals surface area contributed by atoms with Gasteiger partial charge in [-0.25, -0.2) is 8.42 Å². The lowest BCUT2D eigenvalue weighted by Gasteiger charge is -2.13. The van der Waals surface area contributed by atoms with Crippen LogP contribution in [0.25, 0.3) is 16.9 Å². The SMILES string of the molecule is Cc1c(CCOC(C)CO)cc(-c2ccc(S(C)(=O)=O)cc2)n1-c1ccccc1. The molecule has 154 valence electrons. The van der Waals surface area contributed by atoms with Gasteiger partial charge in [0.25, 0.3) is 0 Å². The molecule has 29 heavy (non-hydrogen) atoms. The minimum atomic E-state index is -3.23. The Hall–Kier alpha value is -2.41. The van der Waals surface area contributed by atoms with Gasteiger partial charge < -0.3 is 14.4 Å². The fourth-order valence-corrected chi connectivity index (χ4v) is 3.96. The Morgan fingerprint density at radius 2 is 1.72 bits per heavy atom. The molecule has 5 nitrogen and oxygen atoms in total. The second-order valence-corrected chi connectivity index (χ2v) is 9.24. The summed E-state index contributed by atoms with van der Waals surface area (Å²) in [5, 5.41) is 9.14. The summed E-state index contributed by atoms with van der Waals surface area (Å²) < 4.78 is 31.4. The molecule has 0 fully saturated rings. The van der Waals surface area contributed by atoms with Crippen LogP contribution < -0.4 is 0 Å². The van der Waals surface area contributed by atoms with Gasteiger partial charge >= 0.3 is 0 Å². The van der Waals surface area contributed by atoms with Crippen molar-refractivity contribution in [2.75, 3.05) is 19.5 Å². The van der Waals surface area contributed by atoms with E-state index in [-0.39, 0.29) is 12.7 Å². The second kappa shape index (κ2) is 8.95. The molecule has 0 aliphatic heterocycles. The number of hydrogen-bond donors (Lipinski definition) is 1. The molecular weight excluding hydrogens is 386 g/mol. The van der Waals surface area contributed by atoms with Crippen molar-refractivity contribution in [1.29, 1.82) is 0 Å². The van der Waals surface area contributed by atoms with Crippen LogP contribution in [0.4, 0.5) is 0 Å². The van der Waals surface area contributed by atoms with Crippen molar-refractivity contribution in [1.82, 2.24) is 4.57 Å². The zero-order valence-corrected chi connectivity index (χ0v) is 17.8. The van der Waals surface area contributed by atoms with E-state index in [0.717, 1.165) is 34.6 Å². The van der Waals surface area contributed by atoms with E-state index in [1.165, 1.54) is 6.26 Å². The summed E-state index contributed by atoms with van der Waals surface area (Å²) in [5.74, 6) is 0. The lowest BCUT2D eigenvalue weighted by atomic mass is 10.1. The van der Waals surface area contributed by atoms with E-state index in [1.807, 2.05) is 37.3 Å². The Balaban J connectivity index is 2.02. The van der Waals surface area contributed by atoms with E-state index in [9.17, 15) is 8.42 Å². The molecule has 1 heterocycles. The van der Waals surface area contributed by atoms with Gasteiger partial charge in [-0.1, -0.05) is 30.3 Å². The maximum absolute atomic E-state index is 11.8. The van der Waals surface area contributed by atoms with Gasteiger partial charge in [-0.05, 0) is 61.7 Å². The number of sulfone groups is 1. The highest BCUT2D eigenvalue weighted by atomic mass is 32.2. The number of ether oxygens (including phenoxy) is 1. The van der Waals surface area contributed by atoms with E-state index in [1.54, 1.807) is 12.1 Å². The van der Waals surface area contributed by atoms with Crippen LogP contribution >= 0.6 is 0 Å². The topological polar surface area (TPSA) is 68.5 Å². The van der Waals surface area contributed by atoms with Crippen LogP contribution in [0, 0.1) is 6.92 Å². The Morgan fingerprint density at radius 3 is 2.31 bits per heavy atom. The average molecular weight is 414 g/mol. The van der Waals surface area contributed by atoms with Gasteiger partial charge in [0.2, 0.25) is 0 Å². The van der Waals surface area contributed by atoms with E-state index in [4.69, 9.17) is 9.84 Å². The van der Waals surface area contributed by atoms with Crippen LogP contribution in [-0.4, -0.2) is 43.7 Å². The summed E-state index contributed by atoms with van der Waals surface area (Å²) in [5.41, 5.74) is 5.25. The van der Waals surface area contributed by atoms with Gasteiger partial charge in [0.1, 0.15) is 0 Å². The summed E-state index contributed by atoms with van der Waals surface area (Å²) >= 11 is 0. The lowest BCUT2D eigenvalue weighted by molar-refractivity contribution is 0.0266. The highest BCUT2D eigenvalue weighted by molar-refractivity contribution is 7.90. The Bertz CT molecular complexity index is 1050. The molecule has 3 rings (SSSR count). The maximum atomic E-state index is 11.8. The van der Waals surface area contributed by atoms with Crippen LogP contribution in [-0.2, 0) is 21.0 Å². The third kappa shape index (κ3) is 4.96. The normalized spacial score (nSPS) is 12.8. The Kier molecular flexibility index (Phi) is 6.57. The monoisotopic (exact) mass is 413 g/mol. The first-order valence-electron chi connectivity index (χ1n) is 9.61. The molecule has 0 bridgehead atoms. The number of rotatable bonds is 8. The number of para-hydroxylation sites is 1. The Morgan fingerprint density at radius 1 is 1.07 bits per heavy atom. The van der Waals surface area contributed by atoms with E-state index in [0.29, 0.717) is 11.5 Å². The highest BCUT2D eigenvalue weighted by Gasteiger charge is 2.16. The van der Waals surface area contributed by atoms with Gasteiger partial charge in [-0.15, -0.1) is 0 Å². The van der Waals surface area contributed by atoms with Crippen molar-refractivity contribution in [2.24, 2.45) is 0 Å². The van der Waals surface area contributed by atoms with Gasteiger partial charge in [0, 0.05) is 17.6 Å². The predicted octanol–water partition coefficient (Wildman–Crippen LogP) is 3.80. The van der Waals surface area contributed by atoms with Gasteiger partial charge in [-0.2, -0.15) is 0 Å². The molecular formula is C23H27NO4S. The van der Waals surface area contributed by atoms with Gasteiger partial charge in [-0.3, -0.25) is 0 Å². The summed E-state index contributed by atoms with van der Waals surface area (Å²) in [4.78, 5) is 0.308. The third-order valence-corrected chi connectivity index (χ3v) is 6.10. The van der Waals surface area contributed by atoms with Gasteiger partial charge in [0.05, 0.1) is 29.9 Å². The highest BCUT2D eigenvalue weighted by Crippen LogP contribution is 2.30. The summed E-state index contributed by atoms with van der Waals surface area (Å²) in [6.45, 7) is 4.44. The molecule has 0 amide bonds. The smallest absolute Gasteiger partial charge is 0.175 e. The van der Waals surface area contributed by atoms with Crippen LogP contribution in [0.3, 0.4) is 0 Å². The molecule has 1 unspecified atom stereocenters. The minimum Gasteiger partial charge on any atom is -0.394 e. The van der Waals surface area contributed by atoms with Crippen molar-refractivity contribution in [3.05, 3.63) is 71.9 Å². The van der Waals surface area contributed by atoms with Crippen molar-refractivity contribution in [3.63, 3.8) is 0 Å². The first-order chi connectivity index (χ1) is 13.8. The molecule has 0 radical (unpaired) electrons. The third-order valence-electron chi connectivity index (χ3n) is 4.98. The number of nitrogens with zero attached hydrogens (tertiary/aromatic N) is 1. The molecule has 0 saturated heterocycles. The molecule has 1 N–H and O–H groups in total. The fraction of sp³-hybridized carbons (Fsp3) is 0.304. The number of aromatic nitrogens is 1. The van der Waals surface area contributed by atoms with Crippen LogP contribution in [0.15, 0.2) is 65.6 Å². The maximum Gasteiger partial charge on any atom is 0.175 e. The van der Waals surface area contributed by atoms with Crippen LogP contribution in [0.1, 0.15) is 18.2 Å². The lowest BCUT2D eigenvalue weighted by Crippen LogP contribution is -2.14. The number of hydrogen-bond acceptors (Lipinski definition) is 4. The number of aliphatic hydroxyl groups is 1. The molecule has 3 aromatic rings. The molecule has 0 aliphatic rings. The number of aliphatic hydroxyl groups excluding tert-OH is 1. The largest absolute Gasteiger partial charge is 0.394 e. The van der Waals surface area contributed by atoms with Gasteiger partial charge in [0.15, 0.2) is 9.84 Å². The summed E-state index contributed by atoms with van der Waals surface area (Å²) in [7, 11) is -3.23. The number of benzene rings is 2. The van der Waals surface area contributed by atoms with Crippen molar-refractivity contribution in [2.45, 2.75) is 31.3 Å².